The number of benzene rings is 1. The van der Waals surface area contributed by atoms with Gasteiger partial charge in [-0.1, -0.05) is 0 Å². The zero-order valence-electron chi connectivity index (χ0n) is 8.61. The summed E-state index contributed by atoms with van der Waals surface area (Å²) in [7, 11) is 0. The van der Waals surface area contributed by atoms with Crippen molar-refractivity contribution in [2.75, 3.05) is 5.32 Å². The highest BCUT2D eigenvalue weighted by atomic mass is 127. The fraction of sp³-hybridized carbons (Fsp3) is 0.273. The number of carboxylic acids is 1. The van der Waals surface area contributed by atoms with Crippen LogP contribution in [-0.2, 0) is 9.59 Å². The van der Waals surface area contributed by atoms with E-state index in [1.54, 1.807) is 0 Å². The molecule has 0 spiro atoms. The highest BCUT2D eigenvalue weighted by molar-refractivity contribution is 14.1. The molecule has 0 aromatic heterocycles. The van der Waals surface area contributed by atoms with E-state index in [0.717, 1.165) is 0 Å². The first-order valence-corrected chi connectivity index (χ1v) is 6.05. The van der Waals surface area contributed by atoms with Gasteiger partial charge in [0.1, 0.15) is 5.82 Å². The van der Waals surface area contributed by atoms with E-state index in [0.29, 0.717) is 15.7 Å². The number of amides is 1. The molecule has 1 fully saturated rings. The molecule has 1 amide bonds. The maximum atomic E-state index is 12.8. The third-order valence-electron chi connectivity index (χ3n) is 2.63. The van der Waals surface area contributed by atoms with Gasteiger partial charge in [-0.3, -0.25) is 9.59 Å². The van der Waals surface area contributed by atoms with Gasteiger partial charge in [-0.15, -0.1) is 0 Å². The minimum Gasteiger partial charge on any atom is -0.481 e. The van der Waals surface area contributed by atoms with Crippen LogP contribution in [0.15, 0.2) is 18.2 Å². The number of rotatable bonds is 3. The minimum atomic E-state index is -0.945. The summed E-state index contributed by atoms with van der Waals surface area (Å²) in [5.41, 5.74) is 0.507. The normalized spacial score (nSPS) is 22.0. The second kappa shape index (κ2) is 4.59. The second-order valence-corrected chi connectivity index (χ2v) is 5.06. The van der Waals surface area contributed by atoms with Crippen molar-refractivity contribution in [1.82, 2.24) is 0 Å². The average Bonchev–Trinajstić information content (AvgIpc) is 3.01. The zero-order chi connectivity index (χ0) is 12.6. The Kier molecular flexibility index (Phi) is 3.32. The number of carbonyl (C=O) groups is 2. The van der Waals surface area contributed by atoms with E-state index in [4.69, 9.17) is 5.11 Å². The summed E-state index contributed by atoms with van der Waals surface area (Å²) in [6.07, 6.45) is 0.374. The fourth-order valence-electron chi connectivity index (χ4n) is 1.57. The first-order valence-electron chi connectivity index (χ1n) is 4.98. The van der Waals surface area contributed by atoms with Crippen molar-refractivity contribution in [3.05, 3.63) is 27.6 Å². The van der Waals surface area contributed by atoms with Crippen molar-refractivity contribution >= 4 is 40.2 Å². The van der Waals surface area contributed by atoms with Crippen molar-refractivity contribution in [3.63, 3.8) is 0 Å². The Morgan fingerprint density at radius 1 is 1.41 bits per heavy atom. The highest BCUT2D eigenvalue weighted by Gasteiger charge is 2.48. The topological polar surface area (TPSA) is 66.4 Å². The Morgan fingerprint density at radius 2 is 2.12 bits per heavy atom. The third-order valence-corrected chi connectivity index (χ3v) is 3.53. The predicted molar refractivity (Wildman–Crippen MR) is 67.0 cm³/mol. The molecule has 17 heavy (non-hydrogen) atoms. The van der Waals surface area contributed by atoms with Crippen molar-refractivity contribution in [1.29, 1.82) is 0 Å². The molecule has 2 atom stereocenters. The van der Waals surface area contributed by atoms with Gasteiger partial charge in [0.25, 0.3) is 0 Å². The lowest BCUT2D eigenvalue weighted by Crippen LogP contribution is -2.17. The van der Waals surface area contributed by atoms with Crippen LogP contribution in [0.1, 0.15) is 6.42 Å². The lowest BCUT2D eigenvalue weighted by molar-refractivity contribution is -0.139. The first kappa shape index (κ1) is 12.3. The molecule has 0 heterocycles. The molecule has 0 radical (unpaired) electrons. The number of carbonyl (C=O) groups excluding carboxylic acids is 1. The van der Waals surface area contributed by atoms with Gasteiger partial charge in [-0.2, -0.15) is 0 Å². The SMILES string of the molecule is O=C(O)[C@H]1C[C@H]1C(=O)Nc1ccc(F)cc1I. The molecule has 0 aliphatic heterocycles. The Hall–Kier alpha value is -1.18. The number of carboxylic acid groups (broad SMARTS) is 1. The summed E-state index contributed by atoms with van der Waals surface area (Å²) in [5.74, 6) is -2.68. The molecule has 0 bridgehead atoms. The van der Waals surface area contributed by atoms with Gasteiger partial charge in [-0.25, -0.2) is 4.39 Å². The Bertz CT molecular complexity index is 492. The highest BCUT2D eigenvalue weighted by Crippen LogP contribution is 2.39. The quantitative estimate of drug-likeness (QED) is 0.822. The number of hydrogen-bond donors (Lipinski definition) is 2. The largest absolute Gasteiger partial charge is 0.481 e. The molecule has 2 N–H and O–H groups in total. The molecule has 1 aliphatic rings. The molecule has 6 heteroatoms. The molecule has 1 aromatic rings. The number of halogens is 2. The van der Waals surface area contributed by atoms with Crippen LogP contribution in [0.3, 0.4) is 0 Å². The summed E-state index contributed by atoms with van der Waals surface area (Å²) in [6.45, 7) is 0. The lowest BCUT2D eigenvalue weighted by Gasteiger charge is -2.06. The van der Waals surface area contributed by atoms with E-state index in [2.05, 4.69) is 5.32 Å². The Morgan fingerprint density at radius 3 is 2.65 bits per heavy atom. The van der Waals surface area contributed by atoms with Gasteiger partial charge in [0.2, 0.25) is 5.91 Å². The number of aliphatic carboxylic acids is 1. The van der Waals surface area contributed by atoms with Gasteiger partial charge >= 0.3 is 5.97 Å². The number of hydrogen-bond acceptors (Lipinski definition) is 2. The van der Waals surface area contributed by atoms with Crippen LogP contribution in [0.5, 0.6) is 0 Å². The van der Waals surface area contributed by atoms with E-state index in [1.165, 1.54) is 18.2 Å². The van der Waals surface area contributed by atoms with Crippen molar-refractivity contribution in [3.8, 4) is 0 Å². The maximum Gasteiger partial charge on any atom is 0.307 e. The lowest BCUT2D eigenvalue weighted by atomic mass is 10.2. The average molecular weight is 349 g/mol. The molecular weight excluding hydrogens is 340 g/mol. The summed E-state index contributed by atoms with van der Waals surface area (Å²) < 4.78 is 13.4. The van der Waals surface area contributed by atoms with Crippen LogP contribution in [0.4, 0.5) is 10.1 Å². The Balaban J connectivity index is 2.02. The summed E-state index contributed by atoms with van der Waals surface area (Å²) in [4.78, 5) is 22.3. The van der Waals surface area contributed by atoms with Crippen LogP contribution in [-0.4, -0.2) is 17.0 Å². The first-order chi connectivity index (χ1) is 7.99. The molecule has 0 saturated heterocycles. The molecule has 2 rings (SSSR count). The molecular formula is C11H9FINO3. The standard InChI is InChI=1S/C11H9FINO3/c12-5-1-2-9(8(13)3-5)14-10(15)6-4-7(6)11(16)17/h1-3,6-7H,4H2,(H,14,15)(H,16,17)/t6-,7+/m1/s1. The maximum absolute atomic E-state index is 12.8. The van der Waals surface area contributed by atoms with Crippen LogP contribution < -0.4 is 5.32 Å². The van der Waals surface area contributed by atoms with Crippen molar-refractivity contribution < 1.29 is 19.1 Å². The molecule has 1 aromatic carbocycles. The molecule has 1 aliphatic carbocycles. The monoisotopic (exact) mass is 349 g/mol. The van der Waals surface area contributed by atoms with E-state index in [9.17, 15) is 14.0 Å². The number of nitrogens with one attached hydrogen (secondary N) is 1. The molecule has 4 nitrogen and oxygen atoms in total. The van der Waals surface area contributed by atoms with Gasteiger partial charge in [-0.05, 0) is 47.2 Å². The summed E-state index contributed by atoms with van der Waals surface area (Å²) in [6, 6.07) is 4.02. The van der Waals surface area contributed by atoms with E-state index in [1.807, 2.05) is 22.6 Å². The van der Waals surface area contributed by atoms with E-state index >= 15 is 0 Å². The van der Waals surface area contributed by atoms with Gasteiger partial charge in [0.15, 0.2) is 0 Å². The van der Waals surface area contributed by atoms with Crippen LogP contribution in [0.25, 0.3) is 0 Å². The Labute approximate surface area is 110 Å². The zero-order valence-corrected chi connectivity index (χ0v) is 10.8. The second-order valence-electron chi connectivity index (χ2n) is 3.90. The minimum absolute atomic E-state index is 0.318. The molecule has 90 valence electrons. The summed E-state index contributed by atoms with van der Waals surface area (Å²) in [5, 5.41) is 11.3. The molecule has 0 unspecified atom stereocenters. The van der Waals surface area contributed by atoms with Crippen molar-refractivity contribution in [2.45, 2.75) is 6.42 Å². The van der Waals surface area contributed by atoms with Crippen LogP contribution in [0.2, 0.25) is 0 Å². The summed E-state index contributed by atoms with van der Waals surface area (Å²) >= 11 is 1.91. The smallest absolute Gasteiger partial charge is 0.307 e. The molecule has 1 saturated carbocycles. The van der Waals surface area contributed by atoms with Crippen molar-refractivity contribution in [2.24, 2.45) is 11.8 Å². The fourth-order valence-corrected chi connectivity index (χ4v) is 2.19. The number of anilines is 1. The van der Waals surface area contributed by atoms with E-state index < -0.39 is 17.8 Å². The van der Waals surface area contributed by atoms with E-state index in [-0.39, 0.29) is 11.7 Å². The van der Waals surface area contributed by atoms with Gasteiger partial charge in [0, 0.05) is 3.57 Å². The van der Waals surface area contributed by atoms with Gasteiger partial charge < -0.3 is 10.4 Å². The van der Waals surface area contributed by atoms with Crippen LogP contribution >= 0.6 is 22.6 Å². The predicted octanol–water partition coefficient (Wildman–Crippen LogP) is 2.09. The third kappa shape index (κ3) is 2.74. The van der Waals surface area contributed by atoms with Gasteiger partial charge in [0.05, 0.1) is 17.5 Å². The van der Waals surface area contributed by atoms with Crippen LogP contribution in [0, 0.1) is 21.2 Å².